The van der Waals surface area contributed by atoms with Crippen LogP contribution in [0.2, 0.25) is 5.02 Å². The Balaban J connectivity index is 1.77. The lowest BCUT2D eigenvalue weighted by Crippen LogP contribution is -2.47. The number of ether oxygens (including phenoxy) is 1. The number of halogens is 1. The van der Waals surface area contributed by atoms with Crippen LogP contribution in [0.25, 0.3) is 0 Å². The molecule has 4 heteroatoms. The van der Waals surface area contributed by atoms with Gasteiger partial charge in [0.2, 0.25) is 0 Å². The zero-order valence-corrected chi connectivity index (χ0v) is 15.0. The Kier molecular flexibility index (Phi) is 4.25. The van der Waals surface area contributed by atoms with Crippen molar-refractivity contribution >= 4 is 11.6 Å². The van der Waals surface area contributed by atoms with Gasteiger partial charge in [-0.1, -0.05) is 35.9 Å². The average molecular weight is 343 g/mol. The van der Waals surface area contributed by atoms with Crippen LogP contribution in [0.4, 0.5) is 0 Å². The zero-order chi connectivity index (χ0) is 16.7. The summed E-state index contributed by atoms with van der Waals surface area (Å²) in [5.41, 5.74) is 2.48. The van der Waals surface area contributed by atoms with E-state index < -0.39 is 0 Å². The van der Waals surface area contributed by atoms with Gasteiger partial charge in [-0.3, -0.25) is 4.90 Å². The van der Waals surface area contributed by atoms with Gasteiger partial charge in [0.15, 0.2) is 0 Å². The predicted molar refractivity (Wildman–Crippen MR) is 98.1 cm³/mol. The Morgan fingerprint density at radius 3 is 2.71 bits per heavy atom. The fourth-order valence-corrected chi connectivity index (χ4v) is 4.10. The van der Waals surface area contributed by atoms with Gasteiger partial charge in [-0.05, 0) is 51.7 Å². The fourth-order valence-electron chi connectivity index (χ4n) is 3.94. The van der Waals surface area contributed by atoms with Crippen molar-refractivity contribution < 1.29 is 4.74 Å². The molecule has 3 nitrogen and oxygen atoms in total. The Labute approximate surface area is 148 Å². The molecule has 0 radical (unpaired) electrons. The number of hydrogen-bond donors (Lipinski definition) is 0. The number of likely N-dealkylation sites (N-methyl/N-ethyl adjacent to an activating group) is 1. The number of likely N-dealkylation sites (tertiary alicyclic amines) is 1. The lowest BCUT2D eigenvalue weighted by Gasteiger charge is -2.42. The Bertz CT molecular complexity index is 746. The molecule has 4 rings (SSSR count). The van der Waals surface area contributed by atoms with E-state index in [0.717, 1.165) is 29.6 Å². The van der Waals surface area contributed by atoms with Gasteiger partial charge >= 0.3 is 0 Å². The maximum atomic E-state index is 6.20. The lowest BCUT2D eigenvalue weighted by atomic mass is 9.91. The summed E-state index contributed by atoms with van der Waals surface area (Å²) in [6, 6.07) is 15.3. The van der Waals surface area contributed by atoms with Crippen LogP contribution in [0.5, 0.6) is 11.5 Å². The molecule has 2 aromatic rings. The second kappa shape index (κ2) is 6.40. The standard InChI is InChI=1S/C20H23ClN2O/c1-22(2)15-6-5-11-23(13-15)20-16-7-3-4-8-18(16)24-19-12-14(21)9-10-17(19)20/h3-4,7-10,12,15,20H,5-6,11,13H2,1-2H3. The summed E-state index contributed by atoms with van der Waals surface area (Å²) in [7, 11) is 4.36. The average Bonchev–Trinajstić information content (AvgIpc) is 2.59. The molecule has 24 heavy (non-hydrogen) atoms. The SMILES string of the molecule is CN(C)C1CCCN(C2c3ccccc3Oc3cc(Cl)ccc32)C1. The van der Waals surface area contributed by atoms with Crippen LogP contribution in [-0.4, -0.2) is 43.0 Å². The highest BCUT2D eigenvalue weighted by molar-refractivity contribution is 6.30. The number of rotatable bonds is 2. The van der Waals surface area contributed by atoms with Gasteiger partial charge in [0.25, 0.3) is 0 Å². The lowest BCUT2D eigenvalue weighted by molar-refractivity contribution is 0.106. The quantitative estimate of drug-likeness (QED) is 0.795. The van der Waals surface area contributed by atoms with Crippen molar-refractivity contribution in [2.75, 3.05) is 27.2 Å². The molecule has 1 fully saturated rings. The van der Waals surface area contributed by atoms with E-state index in [-0.39, 0.29) is 6.04 Å². The number of piperidine rings is 1. The molecular formula is C20H23ClN2O. The molecule has 0 amide bonds. The van der Waals surface area contributed by atoms with Gasteiger partial charge in [-0.15, -0.1) is 0 Å². The van der Waals surface area contributed by atoms with Crippen molar-refractivity contribution in [3.63, 3.8) is 0 Å². The topological polar surface area (TPSA) is 15.7 Å². The third kappa shape index (κ3) is 2.81. The summed E-state index contributed by atoms with van der Waals surface area (Å²) in [6.07, 6.45) is 2.49. The van der Waals surface area contributed by atoms with Gasteiger partial charge in [0.05, 0.1) is 6.04 Å². The summed E-state index contributed by atoms with van der Waals surface area (Å²) in [5, 5.41) is 0.719. The molecule has 0 saturated carbocycles. The molecule has 0 aliphatic carbocycles. The molecule has 2 aliphatic heterocycles. The number of fused-ring (bicyclic) bond motifs is 2. The van der Waals surface area contributed by atoms with Gasteiger partial charge in [0, 0.05) is 28.7 Å². The van der Waals surface area contributed by atoms with E-state index in [1.54, 1.807) is 0 Å². The van der Waals surface area contributed by atoms with Gasteiger partial charge < -0.3 is 9.64 Å². The molecule has 0 spiro atoms. The largest absolute Gasteiger partial charge is 0.457 e. The number of benzene rings is 2. The maximum absolute atomic E-state index is 6.20. The van der Waals surface area contributed by atoms with Gasteiger partial charge in [-0.2, -0.15) is 0 Å². The summed E-state index contributed by atoms with van der Waals surface area (Å²) in [6.45, 7) is 2.19. The minimum Gasteiger partial charge on any atom is -0.457 e. The highest BCUT2D eigenvalue weighted by Gasteiger charge is 2.34. The second-order valence-electron chi connectivity index (χ2n) is 6.98. The molecule has 2 aliphatic rings. The molecule has 2 unspecified atom stereocenters. The second-order valence-corrected chi connectivity index (χ2v) is 7.42. The maximum Gasteiger partial charge on any atom is 0.134 e. The summed E-state index contributed by atoms with van der Waals surface area (Å²) < 4.78 is 6.13. The first-order valence-corrected chi connectivity index (χ1v) is 8.98. The normalized spacial score (nSPS) is 23.5. The van der Waals surface area contributed by atoms with Crippen molar-refractivity contribution in [3.05, 3.63) is 58.6 Å². The predicted octanol–water partition coefficient (Wildman–Crippen LogP) is 4.56. The summed E-state index contributed by atoms with van der Waals surface area (Å²) >= 11 is 6.20. The van der Waals surface area contributed by atoms with E-state index >= 15 is 0 Å². The molecule has 126 valence electrons. The van der Waals surface area contributed by atoms with Crippen molar-refractivity contribution in [2.24, 2.45) is 0 Å². The molecule has 2 aromatic carbocycles. The molecule has 0 N–H and O–H groups in total. The highest BCUT2D eigenvalue weighted by atomic mass is 35.5. The van der Waals surface area contributed by atoms with E-state index in [0.29, 0.717) is 6.04 Å². The van der Waals surface area contributed by atoms with Crippen LogP contribution in [0, 0.1) is 0 Å². The molecule has 0 bridgehead atoms. The molecular weight excluding hydrogens is 320 g/mol. The Morgan fingerprint density at radius 1 is 1.08 bits per heavy atom. The Hall–Kier alpha value is -1.55. The van der Waals surface area contributed by atoms with E-state index in [1.807, 2.05) is 18.2 Å². The smallest absolute Gasteiger partial charge is 0.134 e. The first-order chi connectivity index (χ1) is 11.6. The third-order valence-corrected chi connectivity index (χ3v) is 5.46. The van der Waals surface area contributed by atoms with E-state index in [2.05, 4.69) is 48.2 Å². The monoisotopic (exact) mass is 342 g/mol. The minimum atomic E-state index is 0.241. The zero-order valence-electron chi connectivity index (χ0n) is 14.2. The molecule has 2 atom stereocenters. The fraction of sp³-hybridized carbons (Fsp3) is 0.400. The van der Waals surface area contributed by atoms with Gasteiger partial charge in [0.1, 0.15) is 11.5 Å². The third-order valence-electron chi connectivity index (χ3n) is 5.23. The van der Waals surface area contributed by atoms with E-state index in [1.165, 1.54) is 24.0 Å². The Morgan fingerprint density at radius 2 is 1.88 bits per heavy atom. The minimum absolute atomic E-state index is 0.241. The van der Waals surface area contributed by atoms with Crippen LogP contribution in [0.3, 0.4) is 0 Å². The molecule has 1 saturated heterocycles. The number of para-hydroxylation sites is 1. The first kappa shape index (κ1) is 15.9. The van der Waals surface area contributed by atoms with Crippen molar-refractivity contribution in [1.29, 1.82) is 0 Å². The van der Waals surface area contributed by atoms with Crippen LogP contribution >= 0.6 is 11.6 Å². The van der Waals surface area contributed by atoms with Crippen molar-refractivity contribution in [1.82, 2.24) is 9.80 Å². The molecule has 2 heterocycles. The number of hydrogen-bond acceptors (Lipinski definition) is 3. The van der Waals surface area contributed by atoms with Crippen LogP contribution < -0.4 is 4.74 Å². The number of nitrogens with zero attached hydrogens (tertiary/aromatic N) is 2. The van der Waals surface area contributed by atoms with Crippen LogP contribution in [-0.2, 0) is 0 Å². The van der Waals surface area contributed by atoms with Crippen LogP contribution in [0.1, 0.15) is 30.0 Å². The van der Waals surface area contributed by atoms with E-state index in [4.69, 9.17) is 16.3 Å². The summed E-state index contributed by atoms with van der Waals surface area (Å²) in [4.78, 5) is 4.95. The first-order valence-electron chi connectivity index (χ1n) is 8.60. The molecule has 0 aromatic heterocycles. The highest BCUT2D eigenvalue weighted by Crippen LogP contribution is 2.47. The van der Waals surface area contributed by atoms with Crippen molar-refractivity contribution in [3.8, 4) is 11.5 Å². The van der Waals surface area contributed by atoms with Crippen LogP contribution in [0.15, 0.2) is 42.5 Å². The summed E-state index contributed by atoms with van der Waals surface area (Å²) in [5.74, 6) is 1.84. The van der Waals surface area contributed by atoms with Crippen molar-refractivity contribution in [2.45, 2.75) is 24.9 Å². The van der Waals surface area contributed by atoms with Gasteiger partial charge in [-0.25, -0.2) is 0 Å². The van der Waals surface area contributed by atoms with E-state index in [9.17, 15) is 0 Å².